The van der Waals surface area contributed by atoms with Crippen molar-refractivity contribution in [2.45, 2.75) is 33.7 Å². The minimum absolute atomic E-state index is 0.185. The molecule has 1 aromatic heterocycles. The maximum Gasteiger partial charge on any atom is 0.171 e. The highest BCUT2D eigenvalue weighted by Crippen LogP contribution is 2.18. The Bertz CT molecular complexity index is 343. The first-order valence-electron chi connectivity index (χ1n) is 5.37. The standard InChI is InChI=1S/C12H19N3S/c1-9(12(2,3)4)14-11(16)15-10-5-7-13-8-6-10/h5-9H,1-4H3,(H2,13,14,15,16)/t9-/m0/s1. The highest BCUT2D eigenvalue weighted by molar-refractivity contribution is 7.80. The Morgan fingerprint density at radius 3 is 2.38 bits per heavy atom. The molecule has 3 nitrogen and oxygen atoms in total. The van der Waals surface area contributed by atoms with Crippen LogP contribution >= 0.6 is 12.2 Å². The molecule has 1 aromatic rings. The molecule has 0 aliphatic heterocycles. The number of rotatable bonds is 2. The Labute approximate surface area is 103 Å². The highest BCUT2D eigenvalue weighted by atomic mass is 32.1. The summed E-state index contributed by atoms with van der Waals surface area (Å²) < 4.78 is 0. The maximum absolute atomic E-state index is 5.24. The molecule has 1 rings (SSSR count). The van der Waals surface area contributed by atoms with Gasteiger partial charge >= 0.3 is 0 Å². The zero-order valence-corrected chi connectivity index (χ0v) is 11.1. The van der Waals surface area contributed by atoms with Crippen molar-refractivity contribution in [1.29, 1.82) is 0 Å². The Morgan fingerprint density at radius 2 is 1.88 bits per heavy atom. The zero-order valence-electron chi connectivity index (χ0n) is 10.2. The molecule has 0 aliphatic carbocycles. The molecular weight excluding hydrogens is 218 g/mol. The van der Waals surface area contributed by atoms with E-state index in [9.17, 15) is 0 Å². The van der Waals surface area contributed by atoms with Crippen molar-refractivity contribution in [2.24, 2.45) is 5.41 Å². The topological polar surface area (TPSA) is 37.0 Å². The first kappa shape index (κ1) is 12.9. The van der Waals surface area contributed by atoms with E-state index in [1.54, 1.807) is 12.4 Å². The number of nitrogens with one attached hydrogen (secondary N) is 2. The van der Waals surface area contributed by atoms with Crippen molar-refractivity contribution < 1.29 is 0 Å². The normalized spacial score (nSPS) is 13.0. The van der Waals surface area contributed by atoms with Crippen LogP contribution in [0, 0.1) is 5.41 Å². The van der Waals surface area contributed by atoms with Crippen molar-refractivity contribution in [3.05, 3.63) is 24.5 Å². The van der Waals surface area contributed by atoms with Crippen LogP contribution in [0.4, 0.5) is 5.69 Å². The molecule has 0 saturated heterocycles. The zero-order chi connectivity index (χ0) is 12.2. The smallest absolute Gasteiger partial charge is 0.171 e. The maximum atomic E-state index is 5.24. The third-order valence-electron chi connectivity index (χ3n) is 2.58. The summed E-state index contributed by atoms with van der Waals surface area (Å²) in [4.78, 5) is 3.95. The van der Waals surface area contributed by atoms with E-state index >= 15 is 0 Å². The van der Waals surface area contributed by atoms with Gasteiger partial charge in [0.25, 0.3) is 0 Å². The van der Waals surface area contributed by atoms with Crippen molar-refractivity contribution in [3.8, 4) is 0 Å². The lowest BCUT2D eigenvalue weighted by atomic mass is 9.88. The summed E-state index contributed by atoms with van der Waals surface area (Å²) >= 11 is 5.24. The quantitative estimate of drug-likeness (QED) is 0.776. The average Bonchev–Trinajstić information content (AvgIpc) is 2.17. The van der Waals surface area contributed by atoms with Crippen LogP contribution in [0.3, 0.4) is 0 Å². The molecule has 0 saturated carbocycles. The molecule has 0 fully saturated rings. The summed E-state index contributed by atoms with van der Waals surface area (Å²) in [6.07, 6.45) is 3.47. The fraction of sp³-hybridized carbons (Fsp3) is 0.500. The molecule has 0 radical (unpaired) electrons. The number of pyridine rings is 1. The third kappa shape index (κ3) is 4.14. The lowest BCUT2D eigenvalue weighted by Gasteiger charge is -2.29. The predicted octanol–water partition coefficient (Wildman–Crippen LogP) is 2.80. The van der Waals surface area contributed by atoms with Crippen molar-refractivity contribution in [3.63, 3.8) is 0 Å². The molecule has 0 aromatic carbocycles. The van der Waals surface area contributed by atoms with Crippen LogP contribution in [-0.4, -0.2) is 16.1 Å². The molecule has 0 unspecified atom stereocenters. The second-order valence-corrected chi connectivity index (χ2v) is 5.33. The van der Waals surface area contributed by atoms with E-state index in [0.717, 1.165) is 5.69 Å². The molecule has 0 aliphatic rings. The number of nitrogens with zero attached hydrogens (tertiary/aromatic N) is 1. The van der Waals surface area contributed by atoms with E-state index in [2.05, 4.69) is 43.3 Å². The molecule has 0 spiro atoms. The van der Waals surface area contributed by atoms with Crippen LogP contribution in [0.25, 0.3) is 0 Å². The molecule has 1 atom stereocenters. The van der Waals surface area contributed by atoms with Crippen LogP contribution in [0.5, 0.6) is 0 Å². The van der Waals surface area contributed by atoms with E-state index in [0.29, 0.717) is 11.2 Å². The minimum Gasteiger partial charge on any atom is -0.359 e. The minimum atomic E-state index is 0.185. The molecular formula is C12H19N3S. The van der Waals surface area contributed by atoms with Gasteiger partial charge in [0.05, 0.1) is 0 Å². The largest absolute Gasteiger partial charge is 0.359 e. The fourth-order valence-corrected chi connectivity index (χ4v) is 1.31. The SMILES string of the molecule is C[C@H](NC(=S)Nc1ccncc1)C(C)(C)C. The van der Waals surface area contributed by atoms with Crippen LogP contribution < -0.4 is 10.6 Å². The highest BCUT2D eigenvalue weighted by Gasteiger charge is 2.20. The third-order valence-corrected chi connectivity index (χ3v) is 2.80. The molecule has 1 heterocycles. The Balaban J connectivity index is 2.49. The number of anilines is 1. The second-order valence-electron chi connectivity index (χ2n) is 4.92. The second kappa shape index (κ2) is 5.25. The van der Waals surface area contributed by atoms with Gasteiger partial charge < -0.3 is 10.6 Å². The number of hydrogen-bond donors (Lipinski definition) is 2. The van der Waals surface area contributed by atoms with Gasteiger partial charge in [-0.15, -0.1) is 0 Å². The summed E-state index contributed by atoms with van der Waals surface area (Å²) in [6, 6.07) is 4.08. The summed E-state index contributed by atoms with van der Waals surface area (Å²) in [5, 5.41) is 7.04. The summed E-state index contributed by atoms with van der Waals surface area (Å²) in [7, 11) is 0. The molecule has 0 bridgehead atoms. The van der Waals surface area contributed by atoms with Crippen molar-refractivity contribution in [1.82, 2.24) is 10.3 Å². The molecule has 2 N–H and O–H groups in total. The van der Waals surface area contributed by atoms with E-state index in [-0.39, 0.29) is 5.41 Å². The lowest BCUT2D eigenvalue weighted by molar-refractivity contribution is 0.317. The van der Waals surface area contributed by atoms with Gasteiger partial charge in [0.1, 0.15) is 0 Å². The number of hydrogen-bond acceptors (Lipinski definition) is 2. The Kier molecular flexibility index (Phi) is 4.24. The summed E-state index contributed by atoms with van der Waals surface area (Å²) in [5.41, 5.74) is 1.14. The Hall–Kier alpha value is -1.16. The molecule has 0 amide bonds. The molecule has 4 heteroatoms. The van der Waals surface area contributed by atoms with Gasteiger partial charge in [-0.3, -0.25) is 4.98 Å². The van der Waals surface area contributed by atoms with Gasteiger partial charge in [-0.05, 0) is 36.7 Å². The first-order chi connectivity index (χ1) is 7.39. The van der Waals surface area contributed by atoms with Gasteiger partial charge in [-0.1, -0.05) is 20.8 Å². The van der Waals surface area contributed by atoms with Crippen LogP contribution in [0.15, 0.2) is 24.5 Å². The Morgan fingerprint density at radius 1 is 1.31 bits per heavy atom. The lowest BCUT2D eigenvalue weighted by Crippen LogP contribution is -2.43. The van der Waals surface area contributed by atoms with Crippen molar-refractivity contribution in [2.75, 3.05) is 5.32 Å². The first-order valence-corrected chi connectivity index (χ1v) is 5.78. The van der Waals surface area contributed by atoms with E-state index in [4.69, 9.17) is 12.2 Å². The summed E-state index contributed by atoms with van der Waals surface area (Å²) in [6.45, 7) is 8.67. The summed E-state index contributed by atoms with van der Waals surface area (Å²) in [5.74, 6) is 0. The molecule has 16 heavy (non-hydrogen) atoms. The van der Waals surface area contributed by atoms with Gasteiger partial charge in [0, 0.05) is 24.1 Å². The molecule has 88 valence electrons. The van der Waals surface area contributed by atoms with Crippen LogP contribution in [-0.2, 0) is 0 Å². The fourth-order valence-electron chi connectivity index (χ4n) is 1.02. The van der Waals surface area contributed by atoms with Gasteiger partial charge in [-0.25, -0.2) is 0 Å². The average molecular weight is 237 g/mol. The van der Waals surface area contributed by atoms with Gasteiger partial charge in [0.2, 0.25) is 0 Å². The number of aromatic nitrogens is 1. The monoisotopic (exact) mass is 237 g/mol. The van der Waals surface area contributed by atoms with E-state index in [1.165, 1.54) is 0 Å². The van der Waals surface area contributed by atoms with Crippen molar-refractivity contribution >= 4 is 23.0 Å². The van der Waals surface area contributed by atoms with E-state index in [1.807, 2.05) is 12.1 Å². The van der Waals surface area contributed by atoms with Gasteiger partial charge in [-0.2, -0.15) is 0 Å². The van der Waals surface area contributed by atoms with Crippen LogP contribution in [0.1, 0.15) is 27.7 Å². The van der Waals surface area contributed by atoms with Crippen LogP contribution in [0.2, 0.25) is 0 Å². The predicted molar refractivity (Wildman–Crippen MR) is 72.5 cm³/mol. The van der Waals surface area contributed by atoms with Gasteiger partial charge in [0.15, 0.2) is 5.11 Å². The number of thiocarbonyl (C=S) groups is 1. The van der Waals surface area contributed by atoms with E-state index < -0.39 is 0 Å².